The molecule has 1 unspecified atom stereocenters. The molecule has 0 bridgehead atoms. The van der Waals surface area contributed by atoms with Gasteiger partial charge < -0.3 is 30.2 Å². The van der Waals surface area contributed by atoms with Crippen molar-refractivity contribution in [3.63, 3.8) is 0 Å². The first-order valence-electron chi connectivity index (χ1n) is 9.94. The molecule has 3 rings (SSSR count). The van der Waals surface area contributed by atoms with E-state index in [9.17, 15) is 4.79 Å². The molecule has 2 aromatic carbocycles. The predicted molar refractivity (Wildman–Crippen MR) is 117 cm³/mol. The lowest BCUT2D eigenvalue weighted by atomic mass is 10.1. The van der Waals surface area contributed by atoms with Crippen LogP contribution in [0, 0.1) is 6.92 Å². The van der Waals surface area contributed by atoms with Gasteiger partial charge in [-0.1, -0.05) is 18.2 Å². The summed E-state index contributed by atoms with van der Waals surface area (Å²) < 4.78 is 16.6. The quantitative estimate of drug-likeness (QED) is 0.436. The van der Waals surface area contributed by atoms with Crippen molar-refractivity contribution in [2.24, 2.45) is 5.73 Å². The summed E-state index contributed by atoms with van der Waals surface area (Å²) in [5, 5.41) is 3.20. The largest absolute Gasteiger partial charge is 0.497 e. The number of imidazole rings is 1. The topological polar surface area (TPSA) is 111 Å². The normalized spacial score (nSPS) is 11.7. The van der Waals surface area contributed by atoms with E-state index in [4.69, 9.17) is 19.9 Å². The monoisotopic (exact) mass is 424 g/mol. The number of carbonyl (C=O) groups excluding carboxylic acids is 1. The van der Waals surface area contributed by atoms with Crippen LogP contribution in [0.3, 0.4) is 0 Å². The van der Waals surface area contributed by atoms with Gasteiger partial charge in [0, 0.05) is 36.5 Å². The van der Waals surface area contributed by atoms with Gasteiger partial charge in [0.25, 0.3) is 0 Å². The number of amides is 1. The second-order valence-electron chi connectivity index (χ2n) is 7.15. The van der Waals surface area contributed by atoms with Crippen molar-refractivity contribution in [3.05, 3.63) is 71.3 Å². The van der Waals surface area contributed by atoms with Crippen molar-refractivity contribution in [2.45, 2.75) is 32.5 Å². The number of aromatic nitrogens is 2. The zero-order chi connectivity index (χ0) is 22.2. The molecular formula is C23H28N4O4. The Kier molecular flexibility index (Phi) is 7.50. The Morgan fingerprint density at radius 3 is 2.68 bits per heavy atom. The van der Waals surface area contributed by atoms with Crippen molar-refractivity contribution >= 4 is 5.91 Å². The molecule has 8 nitrogen and oxygen atoms in total. The summed E-state index contributed by atoms with van der Waals surface area (Å²) in [5.41, 5.74) is 8.31. The number of ether oxygens (including phenoxy) is 3. The highest BCUT2D eigenvalue weighted by molar-refractivity contribution is 5.80. The second kappa shape index (κ2) is 10.5. The second-order valence-corrected chi connectivity index (χ2v) is 7.15. The maximum atomic E-state index is 11.9. The zero-order valence-corrected chi connectivity index (χ0v) is 18.0. The minimum absolute atomic E-state index is 0.408. The van der Waals surface area contributed by atoms with Crippen LogP contribution in [0.2, 0.25) is 0 Å². The Morgan fingerprint density at radius 2 is 2.00 bits per heavy atom. The van der Waals surface area contributed by atoms with Gasteiger partial charge in [0.05, 0.1) is 20.3 Å². The first-order valence-corrected chi connectivity index (χ1v) is 9.94. The zero-order valence-electron chi connectivity index (χ0n) is 18.0. The average molecular weight is 425 g/mol. The van der Waals surface area contributed by atoms with Gasteiger partial charge >= 0.3 is 0 Å². The molecule has 0 saturated carbocycles. The highest BCUT2D eigenvalue weighted by Crippen LogP contribution is 2.26. The summed E-state index contributed by atoms with van der Waals surface area (Å²) in [4.78, 5) is 19.1. The predicted octanol–water partition coefficient (Wildman–Crippen LogP) is 2.50. The molecule has 31 heavy (non-hydrogen) atoms. The van der Waals surface area contributed by atoms with E-state index in [1.165, 1.54) is 0 Å². The van der Waals surface area contributed by atoms with E-state index in [0.717, 1.165) is 28.4 Å². The Balaban J connectivity index is 1.62. The average Bonchev–Trinajstić information content (AvgIpc) is 3.20. The maximum Gasteiger partial charge on any atom is 0.234 e. The Hall–Kier alpha value is -3.52. The number of rotatable bonds is 11. The fourth-order valence-corrected chi connectivity index (χ4v) is 3.19. The van der Waals surface area contributed by atoms with Gasteiger partial charge in [0.1, 0.15) is 29.7 Å². The molecule has 0 aliphatic rings. The summed E-state index contributed by atoms with van der Waals surface area (Å²) >= 11 is 0. The van der Waals surface area contributed by atoms with Gasteiger partial charge in [-0.15, -0.1) is 0 Å². The molecule has 1 aromatic heterocycles. The van der Waals surface area contributed by atoms with Crippen molar-refractivity contribution in [1.82, 2.24) is 15.3 Å². The Morgan fingerprint density at radius 1 is 1.16 bits per heavy atom. The summed E-state index contributed by atoms with van der Waals surface area (Å²) in [6.45, 7) is 2.68. The van der Waals surface area contributed by atoms with Gasteiger partial charge in [-0.25, -0.2) is 4.98 Å². The molecular weight excluding hydrogens is 396 g/mol. The number of nitrogens with one attached hydrogen (secondary N) is 2. The van der Waals surface area contributed by atoms with Gasteiger partial charge in [-0.2, -0.15) is 0 Å². The van der Waals surface area contributed by atoms with Crippen molar-refractivity contribution in [3.8, 4) is 17.2 Å². The summed E-state index contributed by atoms with van der Waals surface area (Å²) in [6.07, 6.45) is 2.14. The highest BCUT2D eigenvalue weighted by Gasteiger charge is 2.17. The van der Waals surface area contributed by atoms with Crippen LogP contribution in [0.25, 0.3) is 0 Å². The molecule has 1 atom stereocenters. The third-order valence-corrected chi connectivity index (χ3v) is 4.86. The molecule has 1 amide bonds. The third kappa shape index (κ3) is 6.23. The lowest BCUT2D eigenvalue weighted by molar-refractivity contribution is -0.120. The van der Waals surface area contributed by atoms with E-state index in [0.29, 0.717) is 31.1 Å². The van der Waals surface area contributed by atoms with Gasteiger partial charge in [0.15, 0.2) is 0 Å². The van der Waals surface area contributed by atoms with Crippen LogP contribution in [0.1, 0.15) is 22.6 Å². The minimum atomic E-state index is -0.534. The van der Waals surface area contributed by atoms with Crippen LogP contribution < -0.4 is 25.3 Å². The number of nitrogens with zero attached hydrogens (tertiary/aromatic N) is 1. The van der Waals surface area contributed by atoms with E-state index in [1.807, 2.05) is 49.4 Å². The molecule has 8 heteroatoms. The van der Waals surface area contributed by atoms with Crippen LogP contribution in [0.5, 0.6) is 17.2 Å². The van der Waals surface area contributed by atoms with Crippen LogP contribution in [0.4, 0.5) is 0 Å². The fraction of sp³-hybridized carbons (Fsp3) is 0.304. The van der Waals surface area contributed by atoms with Gasteiger partial charge in [-0.05, 0) is 30.7 Å². The Labute approximate surface area is 181 Å². The number of carbonyl (C=O) groups is 1. The number of hydrogen-bond acceptors (Lipinski definition) is 6. The summed E-state index contributed by atoms with van der Waals surface area (Å²) in [6, 6.07) is 12.8. The first-order chi connectivity index (χ1) is 15.0. The smallest absolute Gasteiger partial charge is 0.234 e. The van der Waals surface area contributed by atoms with Crippen LogP contribution in [-0.2, 0) is 24.4 Å². The molecule has 0 aliphatic heterocycles. The van der Waals surface area contributed by atoms with E-state index >= 15 is 0 Å². The van der Waals surface area contributed by atoms with Crippen molar-refractivity contribution in [2.75, 3.05) is 14.2 Å². The molecule has 164 valence electrons. The van der Waals surface area contributed by atoms with Crippen molar-refractivity contribution < 1.29 is 19.0 Å². The molecule has 0 spiro atoms. The number of nitrogens with two attached hydrogens (primary N) is 1. The number of benzene rings is 2. The number of H-pyrrole nitrogens is 1. The molecule has 0 aliphatic carbocycles. The molecule has 0 fully saturated rings. The number of primary amides is 1. The molecule has 4 N–H and O–H groups in total. The number of hydrogen-bond donors (Lipinski definition) is 3. The first kappa shape index (κ1) is 22.2. The van der Waals surface area contributed by atoms with E-state index in [1.54, 1.807) is 20.4 Å². The van der Waals surface area contributed by atoms with Gasteiger partial charge in [0.2, 0.25) is 5.91 Å². The third-order valence-electron chi connectivity index (χ3n) is 4.86. The highest BCUT2D eigenvalue weighted by atomic mass is 16.5. The van der Waals surface area contributed by atoms with E-state index in [-0.39, 0.29) is 0 Å². The molecule has 0 saturated heterocycles. The standard InChI is InChI=1S/C23H28N4O4/c1-15-25-13-18(27-15)10-21(23(24)28)26-12-17-7-8-20(11-22(17)30-3)31-14-16-5-4-6-19(9-16)29-2/h4-9,11,13,21,26H,10,12,14H2,1-3H3,(H2,24,28)(H,25,27). The number of methoxy groups -OCH3 is 2. The number of aromatic amines is 1. The van der Waals surface area contributed by atoms with Crippen molar-refractivity contribution in [1.29, 1.82) is 0 Å². The molecule has 0 radical (unpaired) electrons. The van der Waals surface area contributed by atoms with Crippen LogP contribution in [0.15, 0.2) is 48.7 Å². The van der Waals surface area contributed by atoms with Gasteiger partial charge in [-0.3, -0.25) is 4.79 Å². The maximum absolute atomic E-state index is 11.9. The summed E-state index contributed by atoms with van der Waals surface area (Å²) in [7, 11) is 3.24. The SMILES string of the molecule is COc1cccc(COc2ccc(CNC(Cc3cnc(C)[nH]3)C(N)=O)c(OC)c2)c1. The van der Waals surface area contributed by atoms with Crippen LogP contribution in [-0.4, -0.2) is 36.1 Å². The number of aryl methyl sites for hydroxylation is 1. The fourth-order valence-electron chi connectivity index (χ4n) is 3.19. The minimum Gasteiger partial charge on any atom is -0.497 e. The lowest BCUT2D eigenvalue weighted by Crippen LogP contribution is -2.42. The Bertz CT molecular complexity index is 1020. The lowest BCUT2D eigenvalue weighted by Gasteiger charge is -2.17. The molecule has 1 heterocycles. The molecule has 3 aromatic rings. The summed E-state index contributed by atoms with van der Waals surface area (Å²) in [5.74, 6) is 2.50. The van der Waals surface area contributed by atoms with Crippen LogP contribution >= 0.6 is 0 Å². The van der Waals surface area contributed by atoms with E-state index in [2.05, 4.69) is 15.3 Å². The van der Waals surface area contributed by atoms with E-state index < -0.39 is 11.9 Å².